The fourth-order valence-corrected chi connectivity index (χ4v) is 4.17. The van der Waals surface area contributed by atoms with Gasteiger partial charge in [-0.25, -0.2) is 5.01 Å². The van der Waals surface area contributed by atoms with Gasteiger partial charge in [-0.05, 0) is 40.6 Å². The molecule has 0 saturated heterocycles. The quantitative estimate of drug-likeness (QED) is 0.752. The van der Waals surface area contributed by atoms with Crippen LogP contribution < -0.4 is 0 Å². The van der Waals surface area contributed by atoms with Crippen LogP contribution in [-0.4, -0.2) is 21.7 Å². The van der Waals surface area contributed by atoms with Crippen molar-refractivity contribution in [2.75, 3.05) is 0 Å². The maximum Gasteiger partial charge on any atom is 0.284 e. The molecule has 1 aliphatic rings. The van der Waals surface area contributed by atoms with E-state index in [0.29, 0.717) is 11.3 Å². The molecule has 0 radical (unpaired) electrons. The third kappa shape index (κ3) is 2.74. The first-order valence-corrected chi connectivity index (χ1v) is 9.25. The predicted octanol–water partition coefficient (Wildman–Crippen LogP) is 4.51. The molecule has 1 aromatic carbocycles. The van der Waals surface area contributed by atoms with E-state index < -0.39 is 0 Å². The molecule has 120 valence electrons. The number of carbonyl (C=O) groups excluding carboxylic acids is 1. The number of hydrogen-bond acceptors (Lipinski definition) is 5. The van der Waals surface area contributed by atoms with Gasteiger partial charge in [-0.15, -0.1) is 22.7 Å². The van der Waals surface area contributed by atoms with Crippen LogP contribution in [0.25, 0.3) is 0 Å². The zero-order chi connectivity index (χ0) is 16.5. The van der Waals surface area contributed by atoms with Crippen LogP contribution in [0.1, 0.15) is 32.6 Å². The van der Waals surface area contributed by atoms with Crippen LogP contribution in [0.3, 0.4) is 0 Å². The molecule has 1 aliphatic heterocycles. The van der Waals surface area contributed by atoms with Gasteiger partial charge in [0, 0.05) is 6.42 Å². The van der Waals surface area contributed by atoms with Gasteiger partial charge in [0.25, 0.3) is 5.91 Å². The highest BCUT2D eigenvalue weighted by Crippen LogP contribution is 2.36. The Hall–Kier alpha value is -2.44. The number of hydrogen-bond donors (Lipinski definition) is 1. The molecule has 6 heteroatoms. The number of benzene rings is 1. The smallest absolute Gasteiger partial charge is 0.284 e. The van der Waals surface area contributed by atoms with E-state index in [1.807, 2.05) is 41.1 Å². The van der Waals surface area contributed by atoms with Gasteiger partial charge in [-0.2, -0.15) is 5.10 Å². The second-order valence-corrected chi connectivity index (χ2v) is 7.36. The Bertz CT molecular complexity index is 886. The highest BCUT2D eigenvalue weighted by molar-refractivity contribution is 7.12. The lowest BCUT2D eigenvalue weighted by molar-refractivity contribution is 0.0716. The third-order valence-corrected chi connectivity index (χ3v) is 5.69. The summed E-state index contributed by atoms with van der Waals surface area (Å²) in [7, 11) is 0. The van der Waals surface area contributed by atoms with Crippen molar-refractivity contribution in [3.8, 4) is 5.75 Å². The van der Waals surface area contributed by atoms with Gasteiger partial charge in [0.15, 0.2) is 0 Å². The molecule has 1 amide bonds. The standard InChI is InChI=1S/C18H14N2O2S2/c21-13-5-1-4-12(10-13)15-11-14(16-6-2-8-23-16)19-20(15)18(22)17-7-3-9-24-17/h1-10,15,21H,11H2. The minimum Gasteiger partial charge on any atom is -0.508 e. The molecular weight excluding hydrogens is 340 g/mol. The highest BCUT2D eigenvalue weighted by Gasteiger charge is 2.34. The van der Waals surface area contributed by atoms with E-state index in [1.54, 1.807) is 34.5 Å². The summed E-state index contributed by atoms with van der Waals surface area (Å²) in [6.07, 6.45) is 0.640. The zero-order valence-electron chi connectivity index (χ0n) is 12.6. The summed E-state index contributed by atoms with van der Waals surface area (Å²) in [5, 5.41) is 19.8. The number of carbonyl (C=O) groups is 1. The lowest BCUT2D eigenvalue weighted by atomic mass is 10.0. The van der Waals surface area contributed by atoms with Crippen LogP contribution in [0.4, 0.5) is 0 Å². The molecule has 4 nitrogen and oxygen atoms in total. The molecule has 24 heavy (non-hydrogen) atoms. The summed E-state index contributed by atoms with van der Waals surface area (Å²) in [6.45, 7) is 0. The van der Waals surface area contributed by atoms with Crippen LogP contribution >= 0.6 is 22.7 Å². The number of amides is 1. The number of phenolic OH excluding ortho intramolecular Hbond substituents is 1. The van der Waals surface area contributed by atoms with Crippen LogP contribution in [0.5, 0.6) is 5.75 Å². The number of rotatable bonds is 3. The van der Waals surface area contributed by atoms with Crippen LogP contribution in [0, 0.1) is 0 Å². The van der Waals surface area contributed by atoms with Crippen molar-refractivity contribution in [3.05, 3.63) is 74.6 Å². The van der Waals surface area contributed by atoms with Gasteiger partial charge in [0.05, 0.1) is 21.5 Å². The Morgan fingerprint density at radius 1 is 1.12 bits per heavy atom. The maximum absolute atomic E-state index is 12.9. The Kier molecular flexibility index (Phi) is 3.92. The molecule has 3 aromatic rings. The first-order chi connectivity index (χ1) is 11.7. The van der Waals surface area contributed by atoms with Gasteiger partial charge in [-0.3, -0.25) is 4.79 Å². The summed E-state index contributed by atoms with van der Waals surface area (Å²) in [6, 6.07) is 14.5. The number of aromatic hydroxyl groups is 1. The molecule has 1 N–H and O–H groups in total. The molecule has 1 atom stereocenters. The first kappa shape index (κ1) is 15.1. The lowest BCUT2D eigenvalue weighted by Gasteiger charge is -2.21. The second kappa shape index (κ2) is 6.22. The Balaban J connectivity index is 1.73. The zero-order valence-corrected chi connectivity index (χ0v) is 14.3. The van der Waals surface area contributed by atoms with E-state index in [4.69, 9.17) is 0 Å². The van der Waals surface area contributed by atoms with Crippen molar-refractivity contribution < 1.29 is 9.90 Å². The Labute approximate surface area is 147 Å². The van der Waals surface area contributed by atoms with Gasteiger partial charge < -0.3 is 5.11 Å². The molecule has 1 unspecified atom stereocenters. The van der Waals surface area contributed by atoms with Crippen molar-refractivity contribution in [2.45, 2.75) is 12.5 Å². The average Bonchev–Trinajstić information content (AvgIpc) is 3.34. The molecule has 0 saturated carbocycles. The van der Waals surface area contributed by atoms with Crippen molar-refractivity contribution in [1.29, 1.82) is 0 Å². The largest absolute Gasteiger partial charge is 0.508 e. The first-order valence-electron chi connectivity index (χ1n) is 7.50. The molecule has 4 rings (SSSR count). The number of thiophene rings is 2. The average molecular weight is 354 g/mol. The topological polar surface area (TPSA) is 52.9 Å². The SMILES string of the molecule is O=C(c1cccs1)N1N=C(c2cccs2)CC1c1cccc(O)c1. The maximum atomic E-state index is 12.9. The third-order valence-electron chi connectivity index (χ3n) is 3.91. The van der Waals surface area contributed by atoms with Crippen LogP contribution in [0.15, 0.2) is 64.4 Å². The second-order valence-electron chi connectivity index (χ2n) is 5.47. The van der Waals surface area contributed by atoms with Crippen molar-refractivity contribution in [1.82, 2.24) is 5.01 Å². The molecule has 0 aliphatic carbocycles. The van der Waals surface area contributed by atoms with E-state index in [-0.39, 0.29) is 17.7 Å². The van der Waals surface area contributed by atoms with Gasteiger partial charge >= 0.3 is 0 Å². The van der Waals surface area contributed by atoms with Gasteiger partial charge in [0.2, 0.25) is 0 Å². The van der Waals surface area contributed by atoms with E-state index in [2.05, 4.69) is 5.10 Å². The van der Waals surface area contributed by atoms with E-state index in [9.17, 15) is 9.90 Å². The summed E-state index contributed by atoms with van der Waals surface area (Å²) < 4.78 is 0. The van der Waals surface area contributed by atoms with Crippen molar-refractivity contribution >= 4 is 34.3 Å². The number of phenols is 1. The monoisotopic (exact) mass is 354 g/mol. The van der Waals surface area contributed by atoms with E-state index in [0.717, 1.165) is 16.2 Å². The summed E-state index contributed by atoms with van der Waals surface area (Å²) in [5.74, 6) is 0.0884. The normalized spacial score (nSPS) is 17.1. The predicted molar refractivity (Wildman–Crippen MR) is 96.8 cm³/mol. The van der Waals surface area contributed by atoms with E-state index >= 15 is 0 Å². The molecule has 0 bridgehead atoms. The molecule has 0 spiro atoms. The van der Waals surface area contributed by atoms with Gasteiger partial charge in [0.1, 0.15) is 5.75 Å². The summed E-state index contributed by atoms with van der Waals surface area (Å²) >= 11 is 3.03. The number of nitrogens with zero attached hydrogens (tertiary/aromatic N) is 2. The van der Waals surface area contributed by atoms with Crippen molar-refractivity contribution in [3.63, 3.8) is 0 Å². The van der Waals surface area contributed by atoms with Crippen LogP contribution in [-0.2, 0) is 0 Å². The highest BCUT2D eigenvalue weighted by atomic mass is 32.1. The molecular formula is C18H14N2O2S2. The summed E-state index contributed by atoms with van der Waals surface area (Å²) in [4.78, 5) is 14.6. The van der Waals surface area contributed by atoms with E-state index in [1.165, 1.54) is 11.3 Å². The lowest BCUT2D eigenvalue weighted by Crippen LogP contribution is -2.26. The molecule has 3 heterocycles. The van der Waals surface area contributed by atoms with Crippen LogP contribution in [0.2, 0.25) is 0 Å². The fourth-order valence-electron chi connectivity index (χ4n) is 2.79. The Morgan fingerprint density at radius 2 is 1.96 bits per heavy atom. The fraction of sp³-hybridized carbons (Fsp3) is 0.111. The minimum absolute atomic E-state index is 0.107. The summed E-state index contributed by atoms with van der Waals surface area (Å²) in [5.41, 5.74) is 1.79. The van der Waals surface area contributed by atoms with Gasteiger partial charge in [-0.1, -0.05) is 24.3 Å². The minimum atomic E-state index is -0.205. The van der Waals surface area contributed by atoms with Crippen molar-refractivity contribution in [2.24, 2.45) is 5.10 Å². The number of hydrazone groups is 1. The molecule has 0 fully saturated rings. The Morgan fingerprint density at radius 3 is 2.67 bits per heavy atom. The molecule has 2 aromatic heterocycles.